The summed E-state index contributed by atoms with van der Waals surface area (Å²) in [5.41, 5.74) is 11.5. The van der Waals surface area contributed by atoms with Crippen LogP contribution in [0.4, 0.5) is 0 Å². The molecule has 0 spiro atoms. The summed E-state index contributed by atoms with van der Waals surface area (Å²) in [5, 5.41) is 0. The van der Waals surface area contributed by atoms with Crippen LogP contribution in [-0.2, 0) is 0 Å². The Bertz CT molecular complexity index is 139. The van der Waals surface area contributed by atoms with E-state index in [-0.39, 0.29) is 11.1 Å². The van der Waals surface area contributed by atoms with E-state index in [9.17, 15) is 0 Å². The van der Waals surface area contributed by atoms with Gasteiger partial charge < -0.3 is 11.5 Å². The number of hydrogen-bond acceptors (Lipinski definition) is 2. The van der Waals surface area contributed by atoms with Gasteiger partial charge in [0.05, 0.1) is 0 Å². The first-order valence-electron chi connectivity index (χ1n) is 3.70. The second-order valence-electron chi connectivity index (χ2n) is 3.84. The molecule has 0 radical (unpaired) electrons. The molecular formula is C8H16N2. The van der Waals surface area contributed by atoms with Crippen molar-refractivity contribution in [2.24, 2.45) is 11.5 Å². The van der Waals surface area contributed by atoms with Crippen LogP contribution in [0.3, 0.4) is 0 Å². The Morgan fingerprint density at radius 2 is 1.30 bits per heavy atom. The highest BCUT2D eigenvalue weighted by Crippen LogP contribution is 2.24. The standard InChI is InChI=1S/C8H16N2/c1-7(9)3-5-8(2,10)6-4-7/h3,5H,4,6,9-10H2,1-2H3. The summed E-state index contributed by atoms with van der Waals surface area (Å²) in [7, 11) is 0. The van der Waals surface area contributed by atoms with Crippen LogP contribution in [-0.4, -0.2) is 11.1 Å². The summed E-state index contributed by atoms with van der Waals surface area (Å²) in [6.45, 7) is 4.05. The average Bonchev–Trinajstić information content (AvgIpc) is 1.79. The lowest BCUT2D eigenvalue weighted by Gasteiger charge is -2.32. The van der Waals surface area contributed by atoms with Crippen molar-refractivity contribution in [3.63, 3.8) is 0 Å². The topological polar surface area (TPSA) is 52.0 Å². The molecule has 0 fully saturated rings. The predicted molar refractivity (Wildman–Crippen MR) is 43.6 cm³/mol. The maximum atomic E-state index is 5.86. The van der Waals surface area contributed by atoms with E-state index in [4.69, 9.17) is 11.5 Å². The van der Waals surface area contributed by atoms with Crippen LogP contribution in [0.15, 0.2) is 12.2 Å². The molecule has 0 heterocycles. The molecule has 2 unspecified atom stereocenters. The minimum absolute atomic E-state index is 0.126. The Balaban J connectivity index is 2.70. The van der Waals surface area contributed by atoms with Crippen LogP contribution >= 0.6 is 0 Å². The second-order valence-corrected chi connectivity index (χ2v) is 3.84. The second kappa shape index (κ2) is 2.07. The fourth-order valence-corrected chi connectivity index (χ4v) is 1.09. The molecule has 0 aliphatic heterocycles. The third-order valence-corrected chi connectivity index (χ3v) is 2.05. The van der Waals surface area contributed by atoms with Crippen molar-refractivity contribution in [3.8, 4) is 0 Å². The van der Waals surface area contributed by atoms with Crippen LogP contribution in [0, 0.1) is 0 Å². The van der Waals surface area contributed by atoms with Gasteiger partial charge >= 0.3 is 0 Å². The zero-order chi connectivity index (χ0) is 7.83. The van der Waals surface area contributed by atoms with Gasteiger partial charge in [-0.3, -0.25) is 0 Å². The van der Waals surface area contributed by atoms with E-state index >= 15 is 0 Å². The van der Waals surface area contributed by atoms with E-state index in [1.165, 1.54) is 0 Å². The Hall–Kier alpha value is -0.340. The normalized spacial score (nSPS) is 47.6. The largest absolute Gasteiger partial charge is 0.322 e. The number of hydrogen-bond donors (Lipinski definition) is 2. The van der Waals surface area contributed by atoms with Gasteiger partial charge in [-0.15, -0.1) is 0 Å². The Labute approximate surface area is 62.3 Å². The van der Waals surface area contributed by atoms with E-state index in [1.54, 1.807) is 0 Å². The van der Waals surface area contributed by atoms with Gasteiger partial charge in [0, 0.05) is 11.1 Å². The van der Waals surface area contributed by atoms with Crippen molar-refractivity contribution in [2.45, 2.75) is 37.8 Å². The summed E-state index contributed by atoms with van der Waals surface area (Å²) in [6, 6.07) is 0. The van der Waals surface area contributed by atoms with Crippen molar-refractivity contribution in [3.05, 3.63) is 12.2 Å². The molecule has 0 aromatic carbocycles. The monoisotopic (exact) mass is 140 g/mol. The lowest BCUT2D eigenvalue weighted by molar-refractivity contribution is 0.400. The maximum absolute atomic E-state index is 5.86. The molecule has 0 bridgehead atoms. The summed E-state index contributed by atoms with van der Waals surface area (Å²) >= 11 is 0. The molecule has 2 heteroatoms. The van der Waals surface area contributed by atoms with Crippen molar-refractivity contribution < 1.29 is 0 Å². The molecule has 0 aromatic heterocycles. The van der Waals surface area contributed by atoms with Gasteiger partial charge in [0.1, 0.15) is 0 Å². The minimum atomic E-state index is -0.126. The highest BCUT2D eigenvalue weighted by atomic mass is 14.8. The molecule has 58 valence electrons. The smallest absolute Gasteiger partial charge is 0.0311 e. The zero-order valence-electron chi connectivity index (χ0n) is 6.72. The van der Waals surface area contributed by atoms with E-state index in [1.807, 2.05) is 26.0 Å². The molecule has 1 aliphatic carbocycles. The van der Waals surface area contributed by atoms with Gasteiger partial charge in [0.15, 0.2) is 0 Å². The molecule has 2 nitrogen and oxygen atoms in total. The molecule has 1 rings (SSSR count). The van der Waals surface area contributed by atoms with E-state index in [2.05, 4.69) is 0 Å². The zero-order valence-corrected chi connectivity index (χ0v) is 6.72. The summed E-state index contributed by atoms with van der Waals surface area (Å²) < 4.78 is 0. The minimum Gasteiger partial charge on any atom is -0.322 e. The molecule has 0 saturated heterocycles. The van der Waals surface area contributed by atoms with Crippen LogP contribution in [0.25, 0.3) is 0 Å². The van der Waals surface area contributed by atoms with Crippen molar-refractivity contribution >= 4 is 0 Å². The van der Waals surface area contributed by atoms with Crippen LogP contribution in [0.2, 0.25) is 0 Å². The molecule has 1 aliphatic rings. The van der Waals surface area contributed by atoms with E-state index in [0.717, 1.165) is 12.8 Å². The van der Waals surface area contributed by atoms with Crippen molar-refractivity contribution in [2.75, 3.05) is 0 Å². The predicted octanol–water partition coefficient (Wildman–Crippen LogP) is 0.771. The Kier molecular flexibility index (Phi) is 1.61. The van der Waals surface area contributed by atoms with Gasteiger partial charge in [0.2, 0.25) is 0 Å². The van der Waals surface area contributed by atoms with Crippen LogP contribution in [0.1, 0.15) is 26.7 Å². The number of nitrogens with two attached hydrogens (primary N) is 2. The maximum Gasteiger partial charge on any atom is 0.0311 e. The summed E-state index contributed by atoms with van der Waals surface area (Å²) in [4.78, 5) is 0. The highest BCUT2D eigenvalue weighted by Gasteiger charge is 2.26. The third-order valence-electron chi connectivity index (χ3n) is 2.05. The van der Waals surface area contributed by atoms with Gasteiger partial charge in [0.25, 0.3) is 0 Å². The van der Waals surface area contributed by atoms with Gasteiger partial charge in [-0.1, -0.05) is 12.2 Å². The van der Waals surface area contributed by atoms with Gasteiger partial charge in [-0.05, 0) is 26.7 Å². The molecule has 0 saturated carbocycles. The SMILES string of the molecule is CC1(N)C=CC(C)(N)CC1. The highest BCUT2D eigenvalue weighted by molar-refractivity contribution is 5.15. The average molecular weight is 140 g/mol. The number of rotatable bonds is 0. The van der Waals surface area contributed by atoms with E-state index < -0.39 is 0 Å². The van der Waals surface area contributed by atoms with Gasteiger partial charge in [-0.25, -0.2) is 0 Å². The van der Waals surface area contributed by atoms with Crippen LogP contribution < -0.4 is 11.5 Å². The molecule has 10 heavy (non-hydrogen) atoms. The molecular weight excluding hydrogens is 124 g/mol. The molecule has 0 aromatic rings. The van der Waals surface area contributed by atoms with Crippen molar-refractivity contribution in [1.29, 1.82) is 0 Å². The fraction of sp³-hybridized carbons (Fsp3) is 0.750. The first-order chi connectivity index (χ1) is 4.41. The lowest BCUT2D eigenvalue weighted by Crippen LogP contribution is -2.45. The Morgan fingerprint density at radius 1 is 1.00 bits per heavy atom. The van der Waals surface area contributed by atoms with Gasteiger partial charge in [-0.2, -0.15) is 0 Å². The van der Waals surface area contributed by atoms with E-state index in [0.29, 0.717) is 0 Å². The quantitative estimate of drug-likeness (QED) is 0.488. The summed E-state index contributed by atoms with van der Waals surface area (Å²) in [6.07, 6.45) is 5.99. The first-order valence-corrected chi connectivity index (χ1v) is 3.70. The molecule has 2 atom stereocenters. The first kappa shape index (κ1) is 7.76. The fourth-order valence-electron chi connectivity index (χ4n) is 1.09. The Morgan fingerprint density at radius 3 is 1.50 bits per heavy atom. The van der Waals surface area contributed by atoms with Crippen molar-refractivity contribution in [1.82, 2.24) is 0 Å². The molecule has 0 amide bonds. The third kappa shape index (κ3) is 1.82. The molecule has 4 N–H and O–H groups in total. The summed E-state index contributed by atoms with van der Waals surface area (Å²) in [5.74, 6) is 0. The lowest BCUT2D eigenvalue weighted by atomic mass is 9.81. The van der Waals surface area contributed by atoms with Crippen LogP contribution in [0.5, 0.6) is 0 Å².